The first-order chi connectivity index (χ1) is 13.6. The molecule has 2 aromatic carbocycles. The minimum absolute atomic E-state index is 0.0318. The van der Waals surface area contributed by atoms with Gasteiger partial charge in [0.25, 0.3) is 11.8 Å². The van der Waals surface area contributed by atoms with Crippen molar-refractivity contribution in [2.75, 3.05) is 13.1 Å². The Morgan fingerprint density at radius 2 is 1.48 bits per heavy atom. The molecule has 0 atom stereocenters. The van der Waals surface area contributed by atoms with Gasteiger partial charge in [-0.15, -0.1) is 0 Å². The molecule has 0 unspecified atom stereocenters. The molecule has 0 saturated carbocycles. The van der Waals surface area contributed by atoms with Gasteiger partial charge in [0.1, 0.15) is 0 Å². The summed E-state index contributed by atoms with van der Waals surface area (Å²) in [5.41, 5.74) is 5.04. The van der Waals surface area contributed by atoms with Crippen LogP contribution in [0.15, 0.2) is 42.5 Å². The molecule has 2 aromatic rings. The maximum absolute atomic E-state index is 12.8. The predicted octanol–water partition coefficient (Wildman–Crippen LogP) is 4.64. The van der Waals surface area contributed by atoms with E-state index in [1.807, 2.05) is 61.2 Å². The van der Waals surface area contributed by atoms with Crippen molar-refractivity contribution in [2.24, 2.45) is 0 Å². The molecule has 0 aliphatic carbocycles. The summed E-state index contributed by atoms with van der Waals surface area (Å²) in [6.45, 7) is 11.9. The number of benzene rings is 2. The Hall–Kier alpha value is -2.62. The van der Waals surface area contributed by atoms with Crippen molar-refractivity contribution in [1.29, 1.82) is 0 Å². The summed E-state index contributed by atoms with van der Waals surface area (Å²) in [4.78, 5) is 27.2. The zero-order chi connectivity index (χ0) is 21.2. The van der Waals surface area contributed by atoms with E-state index in [0.29, 0.717) is 18.7 Å². The quantitative estimate of drug-likeness (QED) is 0.827. The number of aryl methyl sites for hydroxylation is 2. The zero-order valence-corrected chi connectivity index (χ0v) is 18.2. The fraction of sp³-hybridized carbons (Fsp3) is 0.440. The Bertz CT molecular complexity index is 886. The summed E-state index contributed by atoms with van der Waals surface area (Å²) in [5.74, 6) is 0.0417. The molecule has 4 heteroatoms. The highest BCUT2D eigenvalue weighted by Crippen LogP contribution is 2.23. The second-order valence-electron chi connectivity index (χ2n) is 9.17. The van der Waals surface area contributed by atoms with Gasteiger partial charge in [-0.3, -0.25) is 9.59 Å². The number of nitrogens with one attached hydrogen (secondary N) is 1. The molecule has 1 aliphatic rings. The monoisotopic (exact) mass is 392 g/mol. The van der Waals surface area contributed by atoms with Crippen LogP contribution in [0.4, 0.5) is 0 Å². The SMILES string of the molecule is Cc1ccc(C(=O)NC2CCN(C(=O)c3ccc(C(C)(C)C)cc3)CC2)cc1C. The van der Waals surface area contributed by atoms with Crippen LogP contribution in [0.3, 0.4) is 0 Å². The third-order valence-corrected chi connectivity index (χ3v) is 5.88. The molecule has 1 saturated heterocycles. The number of piperidine rings is 1. The first-order valence-corrected chi connectivity index (χ1v) is 10.4. The Labute approximate surface area is 174 Å². The maximum atomic E-state index is 12.8. The zero-order valence-electron chi connectivity index (χ0n) is 18.2. The van der Waals surface area contributed by atoms with E-state index < -0.39 is 0 Å². The van der Waals surface area contributed by atoms with Gasteiger partial charge in [-0.1, -0.05) is 39.0 Å². The lowest BCUT2D eigenvalue weighted by Crippen LogP contribution is -2.46. The number of likely N-dealkylation sites (tertiary alicyclic amines) is 1. The third-order valence-electron chi connectivity index (χ3n) is 5.88. The van der Waals surface area contributed by atoms with Gasteiger partial charge in [-0.25, -0.2) is 0 Å². The average Bonchev–Trinajstić information content (AvgIpc) is 2.69. The van der Waals surface area contributed by atoms with Crippen LogP contribution in [0.1, 0.15) is 71.0 Å². The number of carbonyl (C=O) groups excluding carboxylic acids is 2. The third kappa shape index (κ3) is 5.06. The summed E-state index contributed by atoms with van der Waals surface area (Å²) in [6.07, 6.45) is 1.56. The molecule has 1 heterocycles. The number of nitrogens with zero attached hydrogens (tertiary/aromatic N) is 1. The molecule has 0 spiro atoms. The highest BCUT2D eigenvalue weighted by Gasteiger charge is 2.25. The van der Waals surface area contributed by atoms with E-state index >= 15 is 0 Å². The summed E-state index contributed by atoms with van der Waals surface area (Å²) in [6, 6.07) is 13.8. The Morgan fingerprint density at radius 1 is 0.897 bits per heavy atom. The van der Waals surface area contributed by atoms with Crippen LogP contribution >= 0.6 is 0 Å². The minimum Gasteiger partial charge on any atom is -0.349 e. The van der Waals surface area contributed by atoms with Crippen molar-refractivity contribution < 1.29 is 9.59 Å². The Balaban J connectivity index is 1.55. The van der Waals surface area contributed by atoms with Gasteiger partial charge in [0.05, 0.1) is 0 Å². The van der Waals surface area contributed by atoms with Crippen LogP contribution in [-0.2, 0) is 5.41 Å². The van der Waals surface area contributed by atoms with E-state index in [4.69, 9.17) is 0 Å². The fourth-order valence-corrected chi connectivity index (χ4v) is 3.67. The van der Waals surface area contributed by atoms with Crippen molar-refractivity contribution in [1.82, 2.24) is 10.2 Å². The first-order valence-electron chi connectivity index (χ1n) is 10.4. The summed E-state index contributed by atoms with van der Waals surface area (Å²) in [5, 5.41) is 3.13. The Morgan fingerprint density at radius 3 is 2.03 bits per heavy atom. The van der Waals surface area contributed by atoms with Crippen molar-refractivity contribution in [2.45, 2.75) is 58.9 Å². The first kappa shape index (κ1) is 21.1. The molecule has 1 aliphatic heterocycles. The molecular formula is C25H32N2O2. The molecule has 0 aromatic heterocycles. The lowest BCUT2D eigenvalue weighted by molar-refractivity contribution is 0.0698. The standard InChI is InChI=1S/C25H32N2O2/c1-17-6-7-20(16-18(17)2)23(28)26-22-12-14-27(15-13-22)24(29)19-8-10-21(11-9-19)25(3,4)5/h6-11,16,22H,12-15H2,1-5H3,(H,26,28). The number of hydrogen-bond donors (Lipinski definition) is 1. The molecule has 1 N–H and O–H groups in total. The van der Waals surface area contributed by atoms with Gasteiger partial charge in [-0.2, -0.15) is 0 Å². The van der Waals surface area contributed by atoms with Crippen LogP contribution in [0.5, 0.6) is 0 Å². The lowest BCUT2D eigenvalue weighted by atomic mass is 9.86. The van der Waals surface area contributed by atoms with Gasteiger partial charge in [0.15, 0.2) is 0 Å². The molecule has 0 radical (unpaired) electrons. The molecule has 2 amide bonds. The van der Waals surface area contributed by atoms with Crippen LogP contribution in [0.2, 0.25) is 0 Å². The molecular weight excluding hydrogens is 360 g/mol. The second kappa shape index (κ2) is 8.40. The average molecular weight is 393 g/mol. The van der Waals surface area contributed by atoms with Crippen molar-refractivity contribution in [3.63, 3.8) is 0 Å². The van der Waals surface area contributed by atoms with E-state index in [2.05, 4.69) is 26.1 Å². The van der Waals surface area contributed by atoms with Crippen molar-refractivity contribution in [3.05, 3.63) is 70.3 Å². The largest absolute Gasteiger partial charge is 0.349 e. The van der Waals surface area contributed by atoms with E-state index in [9.17, 15) is 9.59 Å². The lowest BCUT2D eigenvalue weighted by Gasteiger charge is -2.32. The number of hydrogen-bond acceptors (Lipinski definition) is 2. The van der Waals surface area contributed by atoms with Gasteiger partial charge in [0.2, 0.25) is 0 Å². The fourth-order valence-electron chi connectivity index (χ4n) is 3.67. The normalized spacial score (nSPS) is 15.3. The summed E-state index contributed by atoms with van der Waals surface area (Å²) < 4.78 is 0. The van der Waals surface area contributed by atoms with Crippen LogP contribution in [0.25, 0.3) is 0 Å². The van der Waals surface area contributed by atoms with Gasteiger partial charge < -0.3 is 10.2 Å². The maximum Gasteiger partial charge on any atom is 0.253 e. The Kier molecular flexibility index (Phi) is 6.11. The van der Waals surface area contributed by atoms with Crippen LogP contribution < -0.4 is 5.32 Å². The minimum atomic E-state index is -0.0318. The molecule has 154 valence electrons. The summed E-state index contributed by atoms with van der Waals surface area (Å²) >= 11 is 0. The molecule has 29 heavy (non-hydrogen) atoms. The highest BCUT2D eigenvalue weighted by atomic mass is 16.2. The van der Waals surface area contributed by atoms with E-state index in [1.54, 1.807) is 0 Å². The number of rotatable bonds is 3. The van der Waals surface area contributed by atoms with Gasteiger partial charge in [-0.05, 0) is 73.1 Å². The molecule has 3 rings (SSSR count). The van der Waals surface area contributed by atoms with Gasteiger partial charge >= 0.3 is 0 Å². The highest BCUT2D eigenvalue weighted by molar-refractivity contribution is 5.95. The smallest absolute Gasteiger partial charge is 0.253 e. The van der Waals surface area contributed by atoms with Gasteiger partial charge in [0, 0.05) is 30.3 Å². The van der Waals surface area contributed by atoms with Crippen molar-refractivity contribution >= 4 is 11.8 Å². The van der Waals surface area contributed by atoms with E-state index in [1.165, 1.54) is 11.1 Å². The molecule has 1 fully saturated rings. The number of amides is 2. The second-order valence-corrected chi connectivity index (χ2v) is 9.17. The predicted molar refractivity (Wildman–Crippen MR) is 117 cm³/mol. The van der Waals surface area contributed by atoms with Crippen LogP contribution in [0, 0.1) is 13.8 Å². The summed E-state index contributed by atoms with van der Waals surface area (Å²) in [7, 11) is 0. The number of carbonyl (C=O) groups is 2. The van der Waals surface area contributed by atoms with Crippen LogP contribution in [-0.4, -0.2) is 35.8 Å². The van der Waals surface area contributed by atoms with Crippen molar-refractivity contribution in [3.8, 4) is 0 Å². The molecule has 4 nitrogen and oxygen atoms in total. The van der Waals surface area contributed by atoms with E-state index in [0.717, 1.165) is 24.0 Å². The van der Waals surface area contributed by atoms with E-state index in [-0.39, 0.29) is 23.3 Å². The molecule has 0 bridgehead atoms. The topological polar surface area (TPSA) is 49.4 Å².